The van der Waals surface area contributed by atoms with Gasteiger partial charge in [-0.15, -0.1) is 0 Å². The van der Waals surface area contributed by atoms with E-state index in [1.54, 1.807) is 6.08 Å². The fourth-order valence-corrected chi connectivity index (χ4v) is 3.59. The van der Waals surface area contributed by atoms with Crippen molar-refractivity contribution >= 4 is 23.0 Å². The van der Waals surface area contributed by atoms with Crippen molar-refractivity contribution in [3.05, 3.63) is 107 Å². The standard InChI is InChI=1S/C27H27N3O/c1-20(2)23-15-12-22(13-16-23)19-30-25-11-7-6-10-24(25)29-26(30)18-28-27(31)17-14-21-8-4-3-5-9-21/h3-17,20H,18-19H2,1-2H3,(H,28,31)/b17-14-. The zero-order valence-electron chi connectivity index (χ0n) is 18.0. The number of fused-ring (bicyclic) bond motifs is 1. The predicted molar refractivity (Wildman–Crippen MR) is 127 cm³/mol. The van der Waals surface area contributed by atoms with Gasteiger partial charge < -0.3 is 9.88 Å². The molecule has 0 saturated heterocycles. The summed E-state index contributed by atoms with van der Waals surface area (Å²) in [6, 6.07) is 26.6. The first-order valence-corrected chi connectivity index (χ1v) is 10.6. The molecular weight excluding hydrogens is 382 g/mol. The fourth-order valence-electron chi connectivity index (χ4n) is 3.59. The van der Waals surface area contributed by atoms with Gasteiger partial charge in [0.15, 0.2) is 0 Å². The second-order valence-electron chi connectivity index (χ2n) is 7.96. The van der Waals surface area contributed by atoms with Crippen molar-refractivity contribution in [1.29, 1.82) is 0 Å². The zero-order chi connectivity index (χ0) is 21.6. The van der Waals surface area contributed by atoms with Crippen molar-refractivity contribution in [2.24, 2.45) is 0 Å². The molecule has 1 amide bonds. The molecule has 0 atom stereocenters. The van der Waals surface area contributed by atoms with Crippen molar-refractivity contribution in [3.8, 4) is 0 Å². The van der Waals surface area contributed by atoms with Crippen molar-refractivity contribution < 1.29 is 4.79 Å². The van der Waals surface area contributed by atoms with Gasteiger partial charge in [-0.05, 0) is 40.8 Å². The summed E-state index contributed by atoms with van der Waals surface area (Å²) in [7, 11) is 0. The van der Waals surface area contributed by atoms with Crippen LogP contribution in [0.15, 0.2) is 84.9 Å². The molecule has 4 nitrogen and oxygen atoms in total. The summed E-state index contributed by atoms with van der Waals surface area (Å²) in [5, 5.41) is 2.97. The number of imidazole rings is 1. The van der Waals surface area contributed by atoms with Crippen molar-refractivity contribution in [1.82, 2.24) is 14.9 Å². The van der Waals surface area contributed by atoms with Crippen LogP contribution in [0.5, 0.6) is 0 Å². The number of para-hydroxylation sites is 2. The van der Waals surface area contributed by atoms with Gasteiger partial charge in [0.05, 0.1) is 17.6 Å². The molecule has 0 unspecified atom stereocenters. The molecule has 4 heteroatoms. The van der Waals surface area contributed by atoms with E-state index in [-0.39, 0.29) is 5.91 Å². The van der Waals surface area contributed by atoms with E-state index in [1.807, 2.05) is 54.6 Å². The van der Waals surface area contributed by atoms with E-state index in [4.69, 9.17) is 4.98 Å². The molecule has 1 heterocycles. The van der Waals surface area contributed by atoms with Crippen molar-refractivity contribution in [2.75, 3.05) is 0 Å². The van der Waals surface area contributed by atoms with Crippen LogP contribution in [0.1, 0.15) is 42.3 Å². The Morgan fingerprint density at radius 1 is 0.968 bits per heavy atom. The minimum absolute atomic E-state index is 0.135. The monoisotopic (exact) mass is 409 g/mol. The second-order valence-corrected chi connectivity index (χ2v) is 7.96. The van der Waals surface area contributed by atoms with Gasteiger partial charge in [0.2, 0.25) is 5.91 Å². The number of hydrogen-bond acceptors (Lipinski definition) is 2. The highest BCUT2D eigenvalue weighted by Gasteiger charge is 2.12. The third-order valence-electron chi connectivity index (χ3n) is 5.37. The number of rotatable bonds is 7. The zero-order valence-corrected chi connectivity index (χ0v) is 18.0. The number of hydrogen-bond donors (Lipinski definition) is 1. The van der Waals surface area contributed by atoms with Gasteiger partial charge in [0.25, 0.3) is 0 Å². The Labute approximate surface area is 183 Å². The highest BCUT2D eigenvalue weighted by atomic mass is 16.1. The maximum Gasteiger partial charge on any atom is 0.244 e. The molecule has 3 aromatic carbocycles. The number of carbonyl (C=O) groups excluding carboxylic acids is 1. The Kier molecular flexibility index (Phi) is 6.27. The normalized spacial score (nSPS) is 11.5. The van der Waals surface area contributed by atoms with Crippen LogP contribution < -0.4 is 5.32 Å². The van der Waals surface area contributed by atoms with Crippen LogP contribution in [0.2, 0.25) is 0 Å². The van der Waals surface area contributed by atoms with E-state index in [0.717, 1.165) is 22.4 Å². The summed E-state index contributed by atoms with van der Waals surface area (Å²) in [6.45, 7) is 5.48. The van der Waals surface area contributed by atoms with Gasteiger partial charge in [-0.2, -0.15) is 0 Å². The number of carbonyl (C=O) groups is 1. The molecule has 156 valence electrons. The predicted octanol–water partition coefficient (Wildman–Crippen LogP) is 5.54. The van der Waals surface area contributed by atoms with Gasteiger partial charge >= 0.3 is 0 Å². The molecule has 0 aliphatic heterocycles. The highest BCUT2D eigenvalue weighted by Crippen LogP contribution is 2.20. The van der Waals surface area contributed by atoms with Gasteiger partial charge in [0, 0.05) is 12.6 Å². The maximum absolute atomic E-state index is 12.3. The SMILES string of the molecule is CC(C)c1ccc(Cn2c(CNC(=O)/C=C\c3ccccc3)nc3ccccc32)cc1. The Balaban J connectivity index is 1.52. The Hall–Kier alpha value is -3.66. The van der Waals surface area contributed by atoms with Gasteiger partial charge in [-0.25, -0.2) is 4.98 Å². The molecule has 0 fully saturated rings. The van der Waals surface area contributed by atoms with Crippen LogP contribution in [0.25, 0.3) is 17.1 Å². The lowest BCUT2D eigenvalue weighted by Gasteiger charge is -2.11. The topological polar surface area (TPSA) is 46.9 Å². The van der Waals surface area contributed by atoms with Crippen LogP contribution in [0.3, 0.4) is 0 Å². The molecule has 4 aromatic rings. The molecule has 0 spiro atoms. The summed E-state index contributed by atoms with van der Waals surface area (Å²) in [5.74, 6) is 1.22. The molecular formula is C27H27N3O. The maximum atomic E-state index is 12.3. The van der Waals surface area contributed by atoms with Crippen LogP contribution in [-0.4, -0.2) is 15.5 Å². The third kappa shape index (κ3) is 5.10. The number of benzene rings is 3. The fraction of sp³-hybridized carbons (Fsp3) is 0.185. The minimum atomic E-state index is -0.135. The Bertz CT molecular complexity index is 1190. The lowest BCUT2D eigenvalue weighted by molar-refractivity contribution is -0.116. The average molecular weight is 410 g/mol. The van der Waals surface area contributed by atoms with Crippen LogP contribution in [0.4, 0.5) is 0 Å². The third-order valence-corrected chi connectivity index (χ3v) is 5.37. The average Bonchev–Trinajstić information content (AvgIpc) is 3.14. The van der Waals surface area contributed by atoms with Crippen LogP contribution in [-0.2, 0) is 17.9 Å². The Morgan fingerprint density at radius 3 is 2.42 bits per heavy atom. The van der Waals surface area contributed by atoms with E-state index in [2.05, 4.69) is 54.1 Å². The Morgan fingerprint density at radius 2 is 1.68 bits per heavy atom. The summed E-state index contributed by atoms with van der Waals surface area (Å²) < 4.78 is 2.18. The first kappa shape index (κ1) is 20.6. The molecule has 1 aromatic heterocycles. The van der Waals surface area contributed by atoms with Crippen molar-refractivity contribution in [3.63, 3.8) is 0 Å². The molecule has 4 rings (SSSR count). The summed E-state index contributed by atoms with van der Waals surface area (Å²) in [4.78, 5) is 17.1. The molecule has 0 aliphatic carbocycles. The minimum Gasteiger partial charge on any atom is -0.345 e. The highest BCUT2D eigenvalue weighted by molar-refractivity contribution is 5.91. The molecule has 1 N–H and O–H groups in total. The molecule has 0 saturated carbocycles. The summed E-state index contributed by atoms with van der Waals surface area (Å²) in [6.07, 6.45) is 3.38. The van der Waals surface area contributed by atoms with Gasteiger partial charge in [-0.1, -0.05) is 80.6 Å². The van der Waals surface area contributed by atoms with E-state index in [9.17, 15) is 4.79 Å². The van der Waals surface area contributed by atoms with E-state index in [1.165, 1.54) is 11.1 Å². The largest absolute Gasteiger partial charge is 0.345 e. The number of amides is 1. The molecule has 0 radical (unpaired) electrons. The van der Waals surface area contributed by atoms with Crippen molar-refractivity contribution in [2.45, 2.75) is 32.9 Å². The molecule has 0 aliphatic rings. The van der Waals surface area contributed by atoms with E-state index >= 15 is 0 Å². The smallest absolute Gasteiger partial charge is 0.244 e. The number of nitrogens with zero attached hydrogens (tertiary/aromatic N) is 2. The van der Waals surface area contributed by atoms with Gasteiger partial charge in [0.1, 0.15) is 5.82 Å². The number of nitrogens with one attached hydrogen (secondary N) is 1. The molecule has 31 heavy (non-hydrogen) atoms. The summed E-state index contributed by atoms with van der Waals surface area (Å²) >= 11 is 0. The first-order valence-electron chi connectivity index (χ1n) is 10.6. The molecule has 0 bridgehead atoms. The summed E-state index contributed by atoms with van der Waals surface area (Å²) in [5.41, 5.74) is 5.54. The lowest BCUT2D eigenvalue weighted by atomic mass is 10.0. The quantitative estimate of drug-likeness (QED) is 0.408. The van der Waals surface area contributed by atoms with Crippen LogP contribution in [0, 0.1) is 0 Å². The number of aromatic nitrogens is 2. The second kappa shape index (κ2) is 9.43. The first-order chi connectivity index (χ1) is 15.1. The van der Waals surface area contributed by atoms with Gasteiger partial charge in [-0.3, -0.25) is 4.79 Å². The van der Waals surface area contributed by atoms with E-state index < -0.39 is 0 Å². The van der Waals surface area contributed by atoms with E-state index in [0.29, 0.717) is 19.0 Å². The lowest BCUT2D eigenvalue weighted by Crippen LogP contribution is -2.23. The van der Waals surface area contributed by atoms with Crippen LogP contribution >= 0.6 is 0 Å².